The van der Waals surface area contributed by atoms with E-state index in [1.54, 1.807) is 30.3 Å². The molecule has 0 saturated heterocycles. The number of hydrogen-bond acceptors (Lipinski definition) is 5. The molecule has 16 heavy (non-hydrogen) atoms. The van der Waals surface area contributed by atoms with E-state index in [4.69, 9.17) is 14.7 Å². The van der Waals surface area contributed by atoms with Crippen molar-refractivity contribution >= 4 is 35.8 Å². The first-order valence-corrected chi connectivity index (χ1v) is 9.66. The molecular weight excluding hydrogens is 294 g/mol. The molecule has 0 spiro atoms. The Hall–Kier alpha value is 0.220. The third-order valence-corrected chi connectivity index (χ3v) is 7.92. The molecule has 6 nitrogen and oxygen atoms in total. The van der Waals surface area contributed by atoms with Gasteiger partial charge in [0.1, 0.15) is 0 Å². The fourth-order valence-electron chi connectivity index (χ4n) is 0.714. The van der Waals surface area contributed by atoms with E-state index in [0.29, 0.717) is 15.3 Å². The monoisotopic (exact) mass is 302 g/mol. The fraction of sp³-hybridized carbons (Fsp3) is 0. The molecule has 0 saturated carbocycles. The van der Waals surface area contributed by atoms with E-state index in [2.05, 4.69) is 4.31 Å². The largest absolute Gasteiger partial charge is 0.477 e. The van der Waals surface area contributed by atoms with Crippen LogP contribution in [0.1, 0.15) is 0 Å². The van der Waals surface area contributed by atoms with Gasteiger partial charge in [0.2, 0.25) is 0 Å². The van der Waals surface area contributed by atoms with Crippen molar-refractivity contribution in [2.24, 2.45) is 0 Å². The Labute approximate surface area is 99.3 Å². The molecule has 0 fully saturated rings. The molecule has 0 aromatic heterocycles. The molecule has 0 aliphatic carbocycles. The molecule has 1 unspecified atom stereocenters. The fourth-order valence-corrected chi connectivity index (χ4v) is 6.60. The molecule has 1 atom stereocenters. The Morgan fingerprint density at radius 1 is 1.06 bits per heavy atom. The summed E-state index contributed by atoms with van der Waals surface area (Å²) in [6.45, 7) is -4.36. The maximum absolute atomic E-state index is 11.2. The summed E-state index contributed by atoms with van der Waals surface area (Å²) in [5, 5.41) is 0. The minimum absolute atomic E-state index is 0.372. The SMILES string of the molecule is O=P(O)(O)OP(=O)(O)SSc1ccccc1. The summed E-state index contributed by atoms with van der Waals surface area (Å²) in [4.78, 5) is 26.5. The standard InChI is InChI=1S/C6H8O6P2S2/c7-13(8,9)12-14(10,11)16-15-6-4-2-1-3-5-6/h1-5H,(H,10,11)(H2,7,8,9). The highest BCUT2D eigenvalue weighted by Crippen LogP contribution is 2.69. The molecule has 10 heteroatoms. The van der Waals surface area contributed by atoms with Crippen molar-refractivity contribution in [3.63, 3.8) is 0 Å². The van der Waals surface area contributed by atoms with Gasteiger partial charge in [-0.3, -0.25) is 0 Å². The van der Waals surface area contributed by atoms with Crippen LogP contribution in [0.3, 0.4) is 0 Å². The molecule has 90 valence electrons. The van der Waals surface area contributed by atoms with Crippen LogP contribution < -0.4 is 0 Å². The zero-order valence-electron chi connectivity index (χ0n) is 7.66. The van der Waals surface area contributed by atoms with Crippen LogP contribution in [-0.2, 0) is 13.4 Å². The van der Waals surface area contributed by atoms with Crippen molar-refractivity contribution in [1.82, 2.24) is 0 Å². The molecule has 3 N–H and O–H groups in total. The Bertz CT molecular complexity index is 432. The lowest BCUT2D eigenvalue weighted by atomic mass is 10.4. The molecule has 0 aliphatic rings. The molecular formula is C6H8O6P2S2. The molecule has 0 heterocycles. The average molecular weight is 302 g/mol. The smallest absolute Gasteiger partial charge is 0.316 e. The summed E-state index contributed by atoms with van der Waals surface area (Å²) < 4.78 is 25.3. The van der Waals surface area contributed by atoms with Crippen molar-refractivity contribution in [3.8, 4) is 0 Å². The first-order valence-electron chi connectivity index (χ1n) is 3.79. The highest BCUT2D eigenvalue weighted by molar-refractivity contribution is 8.98. The summed E-state index contributed by atoms with van der Waals surface area (Å²) in [5.74, 6) is 0. The normalized spacial score (nSPS) is 15.7. The van der Waals surface area contributed by atoms with E-state index >= 15 is 0 Å². The summed E-state index contributed by atoms with van der Waals surface area (Å²) in [7, 11) is -3.68. The Morgan fingerprint density at radius 3 is 2.12 bits per heavy atom. The Balaban J connectivity index is 2.55. The van der Waals surface area contributed by atoms with E-state index in [1.807, 2.05) is 0 Å². The molecule has 0 amide bonds. The number of phosphoric acid groups is 1. The third-order valence-electron chi connectivity index (χ3n) is 1.18. The summed E-state index contributed by atoms with van der Waals surface area (Å²) >= 11 is 0. The number of rotatable bonds is 5. The minimum atomic E-state index is -4.96. The van der Waals surface area contributed by atoms with Crippen molar-refractivity contribution in [2.75, 3.05) is 0 Å². The highest BCUT2D eigenvalue weighted by atomic mass is 33.3. The van der Waals surface area contributed by atoms with Gasteiger partial charge < -0.3 is 14.7 Å². The van der Waals surface area contributed by atoms with Gasteiger partial charge in [0.25, 0.3) is 0 Å². The molecule has 0 aliphatic heterocycles. The van der Waals surface area contributed by atoms with E-state index in [-0.39, 0.29) is 0 Å². The van der Waals surface area contributed by atoms with E-state index in [9.17, 15) is 9.13 Å². The quantitative estimate of drug-likeness (QED) is 0.563. The lowest BCUT2D eigenvalue weighted by molar-refractivity contribution is 0.271. The number of benzene rings is 1. The maximum atomic E-state index is 11.2. The van der Waals surface area contributed by atoms with E-state index in [0.717, 1.165) is 10.8 Å². The number of hydrogen-bond donors (Lipinski definition) is 3. The van der Waals surface area contributed by atoms with Gasteiger partial charge in [-0.1, -0.05) is 18.2 Å². The van der Waals surface area contributed by atoms with Crippen LogP contribution in [0.15, 0.2) is 35.2 Å². The van der Waals surface area contributed by atoms with Crippen LogP contribution >= 0.6 is 35.8 Å². The van der Waals surface area contributed by atoms with E-state index in [1.165, 1.54) is 0 Å². The van der Waals surface area contributed by atoms with Crippen LogP contribution in [0.4, 0.5) is 0 Å². The predicted octanol–water partition coefficient (Wildman–Crippen LogP) is 2.64. The first kappa shape index (κ1) is 14.3. The lowest BCUT2D eigenvalue weighted by Gasteiger charge is -2.10. The van der Waals surface area contributed by atoms with E-state index < -0.39 is 14.6 Å². The van der Waals surface area contributed by atoms with Gasteiger partial charge in [0.15, 0.2) is 0 Å². The van der Waals surface area contributed by atoms with Crippen LogP contribution in [0, 0.1) is 0 Å². The second kappa shape index (κ2) is 5.71. The van der Waals surface area contributed by atoms with Gasteiger partial charge in [0, 0.05) is 15.3 Å². The second-order valence-corrected chi connectivity index (χ2v) is 9.54. The van der Waals surface area contributed by atoms with Crippen LogP contribution in [-0.4, -0.2) is 14.7 Å². The zero-order chi connectivity index (χ0) is 12.2. The van der Waals surface area contributed by atoms with Gasteiger partial charge in [-0.2, -0.15) is 4.31 Å². The summed E-state index contributed by atoms with van der Waals surface area (Å²) in [6, 6.07) is 8.62. The minimum Gasteiger partial charge on any atom is -0.316 e. The van der Waals surface area contributed by atoms with Crippen molar-refractivity contribution in [1.29, 1.82) is 0 Å². The van der Waals surface area contributed by atoms with Crippen molar-refractivity contribution in [2.45, 2.75) is 4.90 Å². The topological polar surface area (TPSA) is 104 Å². The van der Waals surface area contributed by atoms with Crippen LogP contribution in [0.5, 0.6) is 0 Å². The molecule has 1 aromatic carbocycles. The first-order chi connectivity index (χ1) is 7.29. The molecule has 0 radical (unpaired) electrons. The van der Waals surface area contributed by atoms with Gasteiger partial charge in [-0.25, -0.2) is 9.13 Å². The Kier molecular flexibility index (Phi) is 5.10. The third kappa shape index (κ3) is 6.08. The highest BCUT2D eigenvalue weighted by Gasteiger charge is 2.31. The molecule has 0 bridgehead atoms. The maximum Gasteiger partial charge on any atom is 0.477 e. The van der Waals surface area contributed by atoms with Crippen molar-refractivity contribution in [3.05, 3.63) is 30.3 Å². The van der Waals surface area contributed by atoms with Gasteiger partial charge in [-0.05, 0) is 22.9 Å². The van der Waals surface area contributed by atoms with Crippen LogP contribution in [0.2, 0.25) is 0 Å². The van der Waals surface area contributed by atoms with Gasteiger partial charge >= 0.3 is 14.6 Å². The van der Waals surface area contributed by atoms with Gasteiger partial charge in [0.05, 0.1) is 0 Å². The predicted molar refractivity (Wildman–Crippen MR) is 62.8 cm³/mol. The van der Waals surface area contributed by atoms with Crippen LogP contribution in [0.25, 0.3) is 0 Å². The summed E-state index contributed by atoms with van der Waals surface area (Å²) in [5.41, 5.74) is 0. The summed E-state index contributed by atoms with van der Waals surface area (Å²) in [6.07, 6.45) is 0. The van der Waals surface area contributed by atoms with Crippen molar-refractivity contribution < 1.29 is 28.1 Å². The lowest BCUT2D eigenvalue weighted by Crippen LogP contribution is -1.82. The average Bonchev–Trinajstić information content (AvgIpc) is 2.13. The second-order valence-electron chi connectivity index (χ2n) is 2.51. The molecule has 1 aromatic rings. The zero-order valence-corrected chi connectivity index (χ0v) is 11.1. The molecule has 1 rings (SSSR count). The Morgan fingerprint density at radius 2 is 1.62 bits per heavy atom. The van der Waals surface area contributed by atoms with Gasteiger partial charge in [-0.15, -0.1) is 0 Å².